The van der Waals surface area contributed by atoms with Gasteiger partial charge in [-0.25, -0.2) is 4.79 Å². The number of esters is 1. The highest BCUT2D eigenvalue weighted by Gasteiger charge is 2.35. The topological polar surface area (TPSA) is 75.7 Å². The number of benzene rings is 2. The number of nitrogens with one attached hydrogen (secondary N) is 1. The maximum absolute atomic E-state index is 12.6. The fourth-order valence-corrected chi connectivity index (χ4v) is 3.29. The zero-order valence-electron chi connectivity index (χ0n) is 15.6. The van der Waals surface area contributed by atoms with E-state index in [-0.39, 0.29) is 18.2 Å². The smallest absolute Gasteiger partial charge is 0.337 e. The van der Waals surface area contributed by atoms with Crippen molar-refractivity contribution in [2.75, 3.05) is 23.9 Å². The fraction of sp³-hybridized carbons (Fsp3) is 0.286. The molecule has 2 aromatic carbocycles. The number of carbonyl (C=O) groups is 3. The molecule has 0 saturated carbocycles. The van der Waals surface area contributed by atoms with Crippen LogP contribution in [0.2, 0.25) is 0 Å². The Morgan fingerprint density at radius 2 is 1.70 bits per heavy atom. The number of carbonyl (C=O) groups excluding carboxylic acids is 3. The van der Waals surface area contributed by atoms with Crippen molar-refractivity contribution in [1.29, 1.82) is 0 Å². The number of methoxy groups -OCH3 is 1. The van der Waals surface area contributed by atoms with Gasteiger partial charge in [-0.1, -0.05) is 6.07 Å². The van der Waals surface area contributed by atoms with E-state index in [9.17, 15) is 14.4 Å². The third-order valence-corrected chi connectivity index (χ3v) is 4.59. The Morgan fingerprint density at radius 1 is 1.07 bits per heavy atom. The van der Waals surface area contributed by atoms with Gasteiger partial charge in [0, 0.05) is 24.3 Å². The molecule has 27 heavy (non-hydrogen) atoms. The molecule has 3 rings (SSSR count). The van der Waals surface area contributed by atoms with Crippen molar-refractivity contribution < 1.29 is 19.1 Å². The van der Waals surface area contributed by atoms with E-state index in [2.05, 4.69) is 10.1 Å². The number of anilines is 2. The summed E-state index contributed by atoms with van der Waals surface area (Å²) in [4.78, 5) is 38.1. The van der Waals surface area contributed by atoms with Gasteiger partial charge in [0.05, 0.1) is 18.6 Å². The van der Waals surface area contributed by atoms with Crippen LogP contribution in [0.5, 0.6) is 0 Å². The van der Waals surface area contributed by atoms with E-state index in [1.165, 1.54) is 7.11 Å². The Morgan fingerprint density at radius 3 is 2.30 bits per heavy atom. The monoisotopic (exact) mass is 366 g/mol. The number of hydrogen-bond acceptors (Lipinski definition) is 4. The molecule has 1 aliphatic heterocycles. The molecular formula is C21H22N2O4. The standard InChI is InChI=1S/C21H22N2O4/c1-13-8-14(2)10-18(9-13)23-12-16(11-19(23)24)20(25)22-17-6-4-15(5-7-17)21(26)27-3/h4-10,16H,11-12H2,1-3H3,(H,22,25). The lowest BCUT2D eigenvalue weighted by atomic mass is 10.1. The highest BCUT2D eigenvalue weighted by Crippen LogP contribution is 2.27. The molecule has 0 aliphatic carbocycles. The Labute approximate surface area is 158 Å². The second-order valence-electron chi connectivity index (χ2n) is 6.81. The molecule has 1 unspecified atom stereocenters. The maximum atomic E-state index is 12.6. The molecule has 0 spiro atoms. The van der Waals surface area contributed by atoms with Gasteiger partial charge in [-0.3, -0.25) is 9.59 Å². The van der Waals surface area contributed by atoms with E-state index in [4.69, 9.17) is 0 Å². The summed E-state index contributed by atoms with van der Waals surface area (Å²) in [6.07, 6.45) is 0.180. The van der Waals surface area contributed by atoms with Gasteiger partial charge in [-0.05, 0) is 61.4 Å². The first-order valence-electron chi connectivity index (χ1n) is 8.75. The third-order valence-electron chi connectivity index (χ3n) is 4.59. The third kappa shape index (κ3) is 4.16. The largest absolute Gasteiger partial charge is 0.465 e. The molecule has 140 valence electrons. The van der Waals surface area contributed by atoms with Gasteiger partial charge in [0.25, 0.3) is 0 Å². The van der Waals surface area contributed by atoms with Crippen LogP contribution in [0.3, 0.4) is 0 Å². The summed E-state index contributed by atoms with van der Waals surface area (Å²) in [5, 5.41) is 2.81. The summed E-state index contributed by atoms with van der Waals surface area (Å²) in [6, 6.07) is 12.4. The molecule has 0 radical (unpaired) electrons. The van der Waals surface area contributed by atoms with Crippen LogP contribution in [0.4, 0.5) is 11.4 Å². The Balaban J connectivity index is 1.67. The van der Waals surface area contributed by atoms with Crippen LogP contribution in [-0.2, 0) is 14.3 Å². The zero-order valence-corrected chi connectivity index (χ0v) is 15.6. The lowest BCUT2D eigenvalue weighted by Crippen LogP contribution is -2.28. The first-order chi connectivity index (χ1) is 12.9. The molecule has 1 saturated heterocycles. The molecule has 6 heteroatoms. The summed E-state index contributed by atoms with van der Waals surface area (Å²) >= 11 is 0. The van der Waals surface area contributed by atoms with Crippen molar-refractivity contribution in [3.63, 3.8) is 0 Å². The zero-order chi connectivity index (χ0) is 19.6. The molecule has 6 nitrogen and oxygen atoms in total. The first kappa shape index (κ1) is 18.6. The van der Waals surface area contributed by atoms with E-state index in [0.29, 0.717) is 17.8 Å². The highest BCUT2D eigenvalue weighted by atomic mass is 16.5. The van der Waals surface area contributed by atoms with Crippen LogP contribution in [0, 0.1) is 19.8 Å². The second kappa shape index (κ2) is 7.61. The van der Waals surface area contributed by atoms with Crippen LogP contribution in [0.15, 0.2) is 42.5 Å². The van der Waals surface area contributed by atoms with Gasteiger partial charge in [0.2, 0.25) is 11.8 Å². The van der Waals surface area contributed by atoms with Gasteiger partial charge in [0.15, 0.2) is 0 Å². The molecule has 2 amide bonds. The summed E-state index contributed by atoms with van der Waals surface area (Å²) in [6.45, 7) is 4.33. The minimum absolute atomic E-state index is 0.0545. The van der Waals surface area contributed by atoms with Crippen molar-refractivity contribution >= 4 is 29.2 Å². The molecule has 0 bridgehead atoms. The fourth-order valence-electron chi connectivity index (χ4n) is 3.29. The molecule has 1 fully saturated rings. The van der Waals surface area contributed by atoms with Gasteiger partial charge < -0.3 is 15.0 Å². The Bertz CT molecular complexity index is 869. The highest BCUT2D eigenvalue weighted by molar-refractivity contribution is 6.03. The normalized spacial score (nSPS) is 16.3. The average molecular weight is 366 g/mol. The Hall–Kier alpha value is -3.15. The Kier molecular flexibility index (Phi) is 5.26. The van der Waals surface area contributed by atoms with Gasteiger partial charge in [0.1, 0.15) is 0 Å². The van der Waals surface area contributed by atoms with E-state index in [0.717, 1.165) is 16.8 Å². The summed E-state index contributed by atoms with van der Waals surface area (Å²) in [5.74, 6) is -1.11. The van der Waals surface area contributed by atoms with E-state index >= 15 is 0 Å². The number of aryl methyl sites for hydroxylation is 2. The van der Waals surface area contributed by atoms with Crippen LogP contribution >= 0.6 is 0 Å². The summed E-state index contributed by atoms with van der Waals surface area (Å²) in [7, 11) is 1.32. The van der Waals surface area contributed by atoms with Crippen LogP contribution in [0.25, 0.3) is 0 Å². The second-order valence-corrected chi connectivity index (χ2v) is 6.81. The van der Waals surface area contributed by atoms with E-state index in [1.54, 1.807) is 29.2 Å². The van der Waals surface area contributed by atoms with E-state index in [1.807, 2.05) is 32.0 Å². The summed E-state index contributed by atoms with van der Waals surface area (Å²) < 4.78 is 4.65. The van der Waals surface area contributed by atoms with E-state index < -0.39 is 11.9 Å². The van der Waals surface area contributed by atoms with Crippen molar-refractivity contribution in [2.24, 2.45) is 5.92 Å². The summed E-state index contributed by atoms with van der Waals surface area (Å²) in [5.41, 5.74) is 3.97. The lowest BCUT2D eigenvalue weighted by molar-refractivity contribution is -0.122. The van der Waals surface area contributed by atoms with Crippen molar-refractivity contribution in [1.82, 2.24) is 0 Å². The molecular weight excluding hydrogens is 344 g/mol. The lowest BCUT2D eigenvalue weighted by Gasteiger charge is -2.18. The minimum atomic E-state index is -0.432. The SMILES string of the molecule is COC(=O)c1ccc(NC(=O)C2CC(=O)N(c3cc(C)cc(C)c3)C2)cc1. The molecule has 1 aliphatic rings. The minimum Gasteiger partial charge on any atom is -0.465 e. The predicted octanol–water partition coefficient (Wildman–Crippen LogP) is 3.08. The number of ether oxygens (including phenoxy) is 1. The van der Waals surface area contributed by atoms with Crippen molar-refractivity contribution in [2.45, 2.75) is 20.3 Å². The molecule has 1 atom stereocenters. The molecule has 1 N–H and O–H groups in total. The quantitative estimate of drug-likeness (QED) is 0.844. The van der Waals surface area contributed by atoms with Crippen LogP contribution in [0.1, 0.15) is 27.9 Å². The first-order valence-corrected chi connectivity index (χ1v) is 8.75. The van der Waals surface area contributed by atoms with Gasteiger partial charge in [-0.15, -0.1) is 0 Å². The molecule has 1 heterocycles. The number of amides is 2. The average Bonchev–Trinajstić information content (AvgIpc) is 3.03. The molecule has 2 aromatic rings. The maximum Gasteiger partial charge on any atom is 0.337 e. The van der Waals surface area contributed by atoms with Crippen LogP contribution < -0.4 is 10.2 Å². The van der Waals surface area contributed by atoms with Crippen LogP contribution in [-0.4, -0.2) is 31.4 Å². The number of rotatable bonds is 4. The number of nitrogens with zero attached hydrogens (tertiary/aromatic N) is 1. The molecule has 0 aromatic heterocycles. The van der Waals surface area contributed by atoms with Crippen molar-refractivity contribution in [3.8, 4) is 0 Å². The predicted molar refractivity (Wildman–Crippen MR) is 103 cm³/mol. The van der Waals surface area contributed by atoms with Gasteiger partial charge in [-0.2, -0.15) is 0 Å². The van der Waals surface area contributed by atoms with Crippen molar-refractivity contribution in [3.05, 3.63) is 59.2 Å². The van der Waals surface area contributed by atoms with Gasteiger partial charge >= 0.3 is 5.97 Å². The number of hydrogen-bond donors (Lipinski definition) is 1.